The van der Waals surface area contributed by atoms with Gasteiger partial charge in [0.15, 0.2) is 0 Å². The lowest BCUT2D eigenvalue weighted by molar-refractivity contribution is -0.120. The van der Waals surface area contributed by atoms with Crippen molar-refractivity contribution in [3.63, 3.8) is 0 Å². The van der Waals surface area contributed by atoms with Gasteiger partial charge < -0.3 is 15.2 Å². The SMILES string of the molecule is COc1ccc(CC(=O)NCCCO)cc1C. The number of benzene rings is 1. The fourth-order valence-corrected chi connectivity index (χ4v) is 1.61. The lowest BCUT2D eigenvalue weighted by Crippen LogP contribution is -2.26. The standard InChI is InChI=1S/C13H19NO3/c1-10-8-11(4-5-12(10)17-2)9-13(16)14-6-3-7-15/h4-5,8,15H,3,6-7,9H2,1-2H3,(H,14,16). The molecule has 0 aliphatic rings. The molecule has 0 unspecified atom stereocenters. The lowest BCUT2D eigenvalue weighted by atomic mass is 10.1. The highest BCUT2D eigenvalue weighted by Gasteiger charge is 2.05. The average molecular weight is 237 g/mol. The van der Waals surface area contributed by atoms with Gasteiger partial charge in [0.05, 0.1) is 13.5 Å². The van der Waals surface area contributed by atoms with Gasteiger partial charge >= 0.3 is 0 Å². The molecule has 0 saturated heterocycles. The number of aliphatic hydroxyl groups is 1. The number of rotatable bonds is 6. The first-order chi connectivity index (χ1) is 8.17. The van der Waals surface area contributed by atoms with Gasteiger partial charge in [-0.1, -0.05) is 12.1 Å². The van der Waals surface area contributed by atoms with Crippen LogP contribution in [-0.4, -0.2) is 31.3 Å². The number of amides is 1. The van der Waals surface area contributed by atoms with Crippen LogP contribution in [0, 0.1) is 6.92 Å². The number of carbonyl (C=O) groups is 1. The van der Waals surface area contributed by atoms with E-state index in [1.165, 1.54) is 0 Å². The summed E-state index contributed by atoms with van der Waals surface area (Å²) >= 11 is 0. The molecule has 0 radical (unpaired) electrons. The zero-order chi connectivity index (χ0) is 12.7. The van der Waals surface area contributed by atoms with Gasteiger partial charge in [-0.25, -0.2) is 0 Å². The van der Waals surface area contributed by atoms with Crippen LogP contribution >= 0.6 is 0 Å². The summed E-state index contributed by atoms with van der Waals surface area (Å²) in [5, 5.41) is 11.3. The highest BCUT2D eigenvalue weighted by molar-refractivity contribution is 5.78. The van der Waals surface area contributed by atoms with Gasteiger partial charge in [0.25, 0.3) is 0 Å². The van der Waals surface area contributed by atoms with Crippen molar-refractivity contribution in [1.82, 2.24) is 5.32 Å². The van der Waals surface area contributed by atoms with Crippen molar-refractivity contribution < 1.29 is 14.6 Å². The van der Waals surface area contributed by atoms with Crippen LogP contribution in [0.1, 0.15) is 17.5 Å². The molecule has 0 bridgehead atoms. The minimum absolute atomic E-state index is 0.0250. The number of ether oxygens (including phenoxy) is 1. The Morgan fingerprint density at radius 3 is 2.82 bits per heavy atom. The minimum Gasteiger partial charge on any atom is -0.496 e. The van der Waals surface area contributed by atoms with Crippen molar-refractivity contribution in [2.75, 3.05) is 20.3 Å². The number of aryl methyl sites for hydroxylation is 1. The predicted octanol–water partition coefficient (Wildman–Crippen LogP) is 1.04. The summed E-state index contributed by atoms with van der Waals surface area (Å²) in [4.78, 5) is 11.5. The van der Waals surface area contributed by atoms with Crippen LogP contribution in [0.4, 0.5) is 0 Å². The molecule has 1 aromatic rings. The quantitative estimate of drug-likeness (QED) is 0.727. The maximum absolute atomic E-state index is 11.5. The molecule has 4 heteroatoms. The van der Waals surface area contributed by atoms with E-state index in [1.807, 2.05) is 25.1 Å². The van der Waals surface area contributed by atoms with E-state index >= 15 is 0 Å². The molecule has 0 saturated carbocycles. The summed E-state index contributed by atoms with van der Waals surface area (Å²) in [6.45, 7) is 2.57. The molecule has 0 aliphatic heterocycles. The number of hydrogen-bond acceptors (Lipinski definition) is 3. The molecule has 1 rings (SSSR count). The van der Waals surface area contributed by atoms with Gasteiger partial charge in [0.2, 0.25) is 5.91 Å². The Balaban J connectivity index is 2.51. The molecule has 0 atom stereocenters. The molecular formula is C13H19NO3. The van der Waals surface area contributed by atoms with Crippen molar-refractivity contribution in [3.8, 4) is 5.75 Å². The van der Waals surface area contributed by atoms with E-state index in [2.05, 4.69) is 5.32 Å². The Kier molecular flexibility index (Phi) is 5.49. The first kappa shape index (κ1) is 13.5. The van der Waals surface area contributed by atoms with E-state index in [9.17, 15) is 4.79 Å². The van der Waals surface area contributed by atoms with Crippen molar-refractivity contribution in [1.29, 1.82) is 0 Å². The second-order valence-corrected chi connectivity index (χ2v) is 3.91. The molecule has 1 amide bonds. The molecular weight excluding hydrogens is 218 g/mol. The van der Waals surface area contributed by atoms with E-state index in [0.717, 1.165) is 16.9 Å². The normalized spacial score (nSPS) is 10.1. The van der Waals surface area contributed by atoms with Crippen LogP contribution in [0.3, 0.4) is 0 Å². The topological polar surface area (TPSA) is 58.6 Å². The first-order valence-corrected chi connectivity index (χ1v) is 5.68. The third-order valence-electron chi connectivity index (χ3n) is 2.48. The number of hydrogen-bond donors (Lipinski definition) is 2. The molecule has 0 heterocycles. The van der Waals surface area contributed by atoms with Crippen LogP contribution < -0.4 is 10.1 Å². The summed E-state index contributed by atoms with van der Waals surface area (Å²) in [5.41, 5.74) is 1.98. The van der Waals surface area contributed by atoms with Gasteiger partial charge in [-0.05, 0) is 30.5 Å². The van der Waals surface area contributed by atoms with E-state index in [0.29, 0.717) is 19.4 Å². The minimum atomic E-state index is -0.0250. The van der Waals surface area contributed by atoms with Gasteiger partial charge in [-0.2, -0.15) is 0 Å². The zero-order valence-electron chi connectivity index (χ0n) is 10.3. The van der Waals surface area contributed by atoms with Crippen molar-refractivity contribution in [3.05, 3.63) is 29.3 Å². The van der Waals surface area contributed by atoms with Gasteiger partial charge in [-0.15, -0.1) is 0 Å². The molecule has 0 spiro atoms. The van der Waals surface area contributed by atoms with Gasteiger partial charge in [0.1, 0.15) is 5.75 Å². The molecule has 4 nitrogen and oxygen atoms in total. The molecule has 94 valence electrons. The molecule has 0 aromatic heterocycles. The first-order valence-electron chi connectivity index (χ1n) is 5.68. The summed E-state index contributed by atoms with van der Waals surface area (Å²) in [5.74, 6) is 0.803. The van der Waals surface area contributed by atoms with Crippen LogP contribution in [0.25, 0.3) is 0 Å². The Labute approximate surface area is 102 Å². The second kappa shape index (κ2) is 6.91. The maximum Gasteiger partial charge on any atom is 0.224 e. The largest absolute Gasteiger partial charge is 0.496 e. The van der Waals surface area contributed by atoms with Crippen molar-refractivity contribution >= 4 is 5.91 Å². The summed E-state index contributed by atoms with van der Waals surface area (Å²) in [6, 6.07) is 5.70. The third kappa shape index (κ3) is 4.44. The molecule has 17 heavy (non-hydrogen) atoms. The maximum atomic E-state index is 11.5. The monoisotopic (exact) mass is 237 g/mol. The molecule has 0 aliphatic carbocycles. The lowest BCUT2D eigenvalue weighted by Gasteiger charge is -2.08. The van der Waals surface area contributed by atoms with Gasteiger partial charge in [0, 0.05) is 13.2 Å². The number of carbonyl (C=O) groups excluding carboxylic acids is 1. The van der Waals surface area contributed by atoms with E-state index < -0.39 is 0 Å². The summed E-state index contributed by atoms with van der Waals surface area (Å²) < 4.78 is 5.16. The molecule has 2 N–H and O–H groups in total. The van der Waals surface area contributed by atoms with Crippen LogP contribution in [0.2, 0.25) is 0 Å². The van der Waals surface area contributed by atoms with Crippen molar-refractivity contribution in [2.24, 2.45) is 0 Å². The highest BCUT2D eigenvalue weighted by Crippen LogP contribution is 2.18. The molecule has 0 fully saturated rings. The second-order valence-electron chi connectivity index (χ2n) is 3.91. The molecule has 1 aromatic carbocycles. The van der Waals surface area contributed by atoms with Crippen LogP contribution in [0.15, 0.2) is 18.2 Å². The smallest absolute Gasteiger partial charge is 0.224 e. The summed E-state index contributed by atoms with van der Waals surface area (Å²) in [7, 11) is 1.63. The average Bonchev–Trinajstić information content (AvgIpc) is 2.29. The number of aliphatic hydroxyl groups excluding tert-OH is 1. The van der Waals surface area contributed by atoms with Gasteiger partial charge in [-0.3, -0.25) is 4.79 Å². The van der Waals surface area contributed by atoms with Crippen molar-refractivity contribution in [2.45, 2.75) is 19.8 Å². The number of methoxy groups -OCH3 is 1. The number of nitrogens with one attached hydrogen (secondary N) is 1. The third-order valence-corrected chi connectivity index (χ3v) is 2.48. The zero-order valence-corrected chi connectivity index (χ0v) is 10.3. The van der Waals surface area contributed by atoms with E-state index in [4.69, 9.17) is 9.84 Å². The Hall–Kier alpha value is -1.55. The van der Waals surface area contributed by atoms with E-state index in [1.54, 1.807) is 7.11 Å². The highest BCUT2D eigenvalue weighted by atomic mass is 16.5. The van der Waals surface area contributed by atoms with Crippen LogP contribution in [0.5, 0.6) is 5.75 Å². The fourth-order valence-electron chi connectivity index (χ4n) is 1.61. The Bertz CT molecular complexity index is 377. The summed E-state index contributed by atoms with van der Waals surface area (Å²) in [6.07, 6.45) is 0.948. The predicted molar refractivity (Wildman–Crippen MR) is 66.1 cm³/mol. The Morgan fingerprint density at radius 2 is 2.24 bits per heavy atom. The van der Waals surface area contributed by atoms with Crippen LogP contribution in [-0.2, 0) is 11.2 Å². The fraction of sp³-hybridized carbons (Fsp3) is 0.462. The Morgan fingerprint density at radius 1 is 1.47 bits per heavy atom. The van der Waals surface area contributed by atoms with E-state index in [-0.39, 0.29) is 12.5 Å².